The molecule has 3 amide bonds. The van der Waals surface area contributed by atoms with Gasteiger partial charge in [0.15, 0.2) is 0 Å². The number of amides is 3. The number of nitrogens with zero attached hydrogens (tertiary/aromatic N) is 2. The second kappa shape index (κ2) is 7.39. The number of urea groups is 1. The van der Waals surface area contributed by atoms with Crippen LogP contribution in [-0.2, 0) is 11.3 Å². The Kier molecular flexibility index (Phi) is 5.28. The fraction of sp³-hybridized carbons (Fsp3) is 0.188. The molecular weight excluding hydrogens is 328 g/mol. The van der Waals surface area contributed by atoms with E-state index in [1.807, 2.05) is 26.0 Å². The Labute approximate surface area is 142 Å². The average molecular weight is 344 g/mol. The number of benzene rings is 1. The van der Waals surface area contributed by atoms with Crippen LogP contribution in [0.15, 0.2) is 41.3 Å². The zero-order valence-electron chi connectivity index (χ0n) is 13.6. The topological polar surface area (TPSA) is 123 Å². The lowest BCUT2D eigenvalue weighted by Gasteiger charge is -2.10. The summed E-state index contributed by atoms with van der Waals surface area (Å²) in [5.74, 6) is -0.773. The first kappa shape index (κ1) is 17.9. The predicted octanol–water partition coefficient (Wildman–Crippen LogP) is 1.72. The van der Waals surface area contributed by atoms with Crippen molar-refractivity contribution in [2.75, 3.05) is 5.32 Å². The Morgan fingerprint density at radius 1 is 1.20 bits per heavy atom. The van der Waals surface area contributed by atoms with Crippen LogP contribution in [0.25, 0.3) is 0 Å². The van der Waals surface area contributed by atoms with Gasteiger partial charge in [0.25, 0.3) is 11.2 Å². The Morgan fingerprint density at radius 2 is 1.92 bits per heavy atom. The average Bonchev–Trinajstić information content (AvgIpc) is 2.52. The first-order valence-electron chi connectivity index (χ1n) is 7.29. The molecule has 9 heteroatoms. The molecule has 0 spiro atoms. The zero-order valence-corrected chi connectivity index (χ0v) is 13.6. The standard InChI is InChI=1S/C16H16N4O5/c1-10-3-5-13(11(2)7-10)17-16(23)18-14(21)9-19-8-12(20(24)25)4-6-15(19)22/h3-8H,9H2,1-2H3,(H2,17,18,21,23). The summed E-state index contributed by atoms with van der Waals surface area (Å²) in [6.45, 7) is 3.21. The Balaban J connectivity index is 2.02. The van der Waals surface area contributed by atoms with Gasteiger partial charge in [0.1, 0.15) is 6.54 Å². The second-order valence-electron chi connectivity index (χ2n) is 5.43. The number of rotatable bonds is 4. The molecule has 0 saturated carbocycles. The van der Waals surface area contributed by atoms with E-state index in [-0.39, 0.29) is 5.69 Å². The van der Waals surface area contributed by atoms with Gasteiger partial charge in [-0.3, -0.25) is 29.6 Å². The molecule has 2 aromatic rings. The molecular formula is C16H16N4O5. The normalized spacial score (nSPS) is 10.2. The van der Waals surface area contributed by atoms with E-state index in [1.54, 1.807) is 6.07 Å². The summed E-state index contributed by atoms with van der Waals surface area (Å²) in [6.07, 6.45) is 0.948. The number of hydrogen-bond acceptors (Lipinski definition) is 5. The molecule has 0 saturated heterocycles. The lowest BCUT2D eigenvalue weighted by atomic mass is 10.1. The van der Waals surface area contributed by atoms with Gasteiger partial charge in [0.05, 0.1) is 11.1 Å². The highest BCUT2D eigenvalue weighted by Gasteiger charge is 2.13. The number of nitro groups is 1. The fourth-order valence-corrected chi connectivity index (χ4v) is 2.18. The maximum atomic E-state index is 11.9. The molecule has 0 fully saturated rings. The highest BCUT2D eigenvalue weighted by molar-refractivity contribution is 6.01. The smallest absolute Gasteiger partial charge is 0.307 e. The largest absolute Gasteiger partial charge is 0.325 e. The summed E-state index contributed by atoms with van der Waals surface area (Å²) in [4.78, 5) is 45.4. The molecule has 2 rings (SSSR count). The minimum Gasteiger partial charge on any atom is -0.307 e. The Bertz CT molecular complexity index is 904. The Morgan fingerprint density at radius 3 is 2.56 bits per heavy atom. The molecule has 0 bridgehead atoms. The van der Waals surface area contributed by atoms with E-state index < -0.39 is 29.0 Å². The van der Waals surface area contributed by atoms with Crippen LogP contribution < -0.4 is 16.2 Å². The highest BCUT2D eigenvalue weighted by atomic mass is 16.6. The summed E-state index contributed by atoms with van der Waals surface area (Å²) < 4.78 is 0.859. The van der Waals surface area contributed by atoms with E-state index >= 15 is 0 Å². The van der Waals surface area contributed by atoms with E-state index in [1.165, 1.54) is 0 Å². The predicted molar refractivity (Wildman–Crippen MR) is 90.4 cm³/mol. The van der Waals surface area contributed by atoms with Gasteiger partial charge >= 0.3 is 6.03 Å². The van der Waals surface area contributed by atoms with Gasteiger partial charge in [-0.2, -0.15) is 0 Å². The summed E-state index contributed by atoms with van der Waals surface area (Å²) in [7, 11) is 0. The number of nitrogens with one attached hydrogen (secondary N) is 2. The van der Waals surface area contributed by atoms with Crippen LogP contribution in [0.1, 0.15) is 11.1 Å². The van der Waals surface area contributed by atoms with Gasteiger partial charge in [0, 0.05) is 17.8 Å². The van der Waals surface area contributed by atoms with Crippen molar-refractivity contribution in [1.29, 1.82) is 0 Å². The molecule has 25 heavy (non-hydrogen) atoms. The van der Waals surface area contributed by atoms with E-state index in [2.05, 4.69) is 10.6 Å². The van der Waals surface area contributed by atoms with Gasteiger partial charge in [-0.25, -0.2) is 4.79 Å². The SMILES string of the molecule is Cc1ccc(NC(=O)NC(=O)Cn2cc([N+](=O)[O-])ccc2=O)c(C)c1. The summed E-state index contributed by atoms with van der Waals surface area (Å²) >= 11 is 0. The summed E-state index contributed by atoms with van der Waals surface area (Å²) in [5.41, 5.74) is 1.49. The number of anilines is 1. The second-order valence-corrected chi connectivity index (χ2v) is 5.43. The third kappa shape index (κ3) is 4.74. The molecule has 2 N–H and O–H groups in total. The van der Waals surface area contributed by atoms with Crippen LogP contribution in [0.5, 0.6) is 0 Å². The van der Waals surface area contributed by atoms with Crippen LogP contribution in [0.3, 0.4) is 0 Å². The van der Waals surface area contributed by atoms with Gasteiger partial charge in [-0.15, -0.1) is 0 Å². The van der Waals surface area contributed by atoms with Gasteiger partial charge in [-0.05, 0) is 25.5 Å². The summed E-state index contributed by atoms with van der Waals surface area (Å²) in [5, 5.41) is 15.3. The van der Waals surface area contributed by atoms with E-state index in [4.69, 9.17) is 0 Å². The molecule has 1 heterocycles. The molecule has 0 radical (unpaired) electrons. The van der Waals surface area contributed by atoms with Gasteiger partial charge in [0.2, 0.25) is 5.91 Å². The number of hydrogen-bond donors (Lipinski definition) is 2. The molecule has 0 aliphatic carbocycles. The zero-order chi connectivity index (χ0) is 18.6. The quantitative estimate of drug-likeness (QED) is 0.645. The lowest BCUT2D eigenvalue weighted by Crippen LogP contribution is -2.38. The number of carbonyl (C=O) groups excluding carboxylic acids is 2. The number of aromatic nitrogens is 1. The molecule has 0 atom stereocenters. The van der Waals surface area contributed by atoms with Gasteiger partial charge in [-0.1, -0.05) is 17.7 Å². The van der Waals surface area contributed by atoms with Crippen molar-refractivity contribution >= 4 is 23.3 Å². The molecule has 0 aliphatic heterocycles. The van der Waals surface area contributed by atoms with E-state index in [9.17, 15) is 24.5 Å². The highest BCUT2D eigenvalue weighted by Crippen LogP contribution is 2.15. The monoisotopic (exact) mass is 344 g/mol. The molecule has 1 aromatic carbocycles. The molecule has 0 unspecified atom stereocenters. The molecule has 1 aromatic heterocycles. The minimum atomic E-state index is -0.773. The van der Waals surface area contributed by atoms with Crippen molar-refractivity contribution in [2.24, 2.45) is 0 Å². The first-order valence-corrected chi connectivity index (χ1v) is 7.29. The lowest BCUT2D eigenvalue weighted by molar-refractivity contribution is -0.385. The van der Waals surface area contributed by atoms with Crippen LogP contribution >= 0.6 is 0 Å². The van der Waals surface area contributed by atoms with E-state index in [0.29, 0.717) is 5.69 Å². The third-order valence-electron chi connectivity index (χ3n) is 3.38. The number of aryl methyl sites for hydroxylation is 2. The molecule has 130 valence electrons. The maximum absolute atomic E-state index is 11.9. The van der Waals surface area contributed by atoms with Crippen molar-refractivity contribution in [3.05, 3.63) is 68.1 Å². The number of pyridine rings is 1. The van der Waals surface area contributed by atoms with Crippen molar-refractivity contribution < 1.29 is 14.5 Å². The first-order chi connectivity index (χ1) is 11.8. The van der Waals surface area contributed by atoms with Gasteiger partial charge < -0.3 is 5.32 Å². The van der Waals surface area contributed by atoms with Crippen molar-refractivity contribution in [3.8, 4) is 0 Å². The minimum absolute atomic E-state index is 0.327. The van der Waals surface area contributed by atoms with E-state index in [0.717, 1.165) is 34.0 Å². The number of carbonyl (C=O) groups is 2. The maximum Gasteiger partial charge on any atom is 0.325 e. The van der Waals surface area contributed by atoms with Crippen molar-refractivity contribution in [3.63, 3.8) is 0 Å². The Hall–Kier alpha value is -3.49. The molecule has 9 nitrogen and oxygen atoms in total. The van der Waals surface area contributed by atoms with Crippen LogP contribution in [0.4, 0.5) is 16.2 Å². The molecule has 0 aliphatic rings. The van der Waals surface area contributed by atoms with Crippen molar-refractivity contribution in [2.45, 2.75) is 20.4 Å². The van der Waals surface area contributed by atoms with Crippen LogP contribution in [-0.4, -0.2) is 21.4 Å². The van der Waals surface area contributed by atoms with Crippen LogP contribution in [0, 0.1) is 24.0 Å². The fourth-order valence-electron chi connectivity index (χ4n) is 2.18. The number of imide groups is 1. The third-order valence-corrected chi connectivity index (χ3v) is 3.38. The summed E-state index contributed by atoms with van der Waals surface area (Å²) in [6, 6.07) is 6.67. The van der Waals surface area contributed by atoms with Crippen molar-refractivity contribution in [1.82, 2.24) is 9.88 Å². The van der Waals surface area contributed by atoms with Crippen LogP contribution in [0.2, 0.25) is 0 Å².